The maximum Gasteiger partial charge on any atom is 0.380 e. The Hall–Kier alpha value is -2.29. The van der Waals surface area contributed by atoms with Crippen molar-refractivity contribution in [2.75, 3.05) is 0 Å². The van der Waals surface area contributed by atoms with Gasteiger partial charge in [0, 0.05) is 16.0 Å². The minimum atomic E-state index is -5.67. The number of halogens is 6. The number of rotatable bonds is 3. The molecule has 0 unspecified atom stereocenters. The van der Waals surface area contributed by atoms with E-state index in [0.29, 0.717) is 6.29 Å². The Balaban J connectivity index is 2.51. The first-order valence-electron chi connectivity index (χ1n) is 8.02. The van der Waals surface area contributed by atoms with Crippen LogP contribution in [0.15, 0.2) is 18.2 Å². The number of benzene rings is 1. The summed E-state index contributed by atoms with van der Waals surface area (Å²) in [5, 5.41) is 9.62. The van der Waals surface area contributed by atoms with E-state index in [1.165, 1.54) is 20.8 Å². The molecule has 3 rings (SSSR count). The summed E-state index contributed by atoms with van der Waals surface area (Å²) in [4.78, 5) is 11.0. The Morgan fingerprint density at radius 3 is 1.86 bits per heavy atom. The Kier molecular flexibility index (Phi) is 4.46. The van der Waals surface area contributed by atoms with Crippen molar-refractivity contribution in [2.24, 2.45) is 0 Å². The highest BCUT2D eigenvalue weighted by molar-refractivity contribution is 7.13. The van der Waals surface area contributed by atoms with Gasteiger partial charge in [-0.15, -0.1) is 11.3 Å². The molecule has 0 amide bonds. The van der Waals surface area contributed by atoms with E-state index in [1.54, 1.807) is 0 Å². The monoisotopic (exact) mass is 420 g/mol. The first kappa shape index (κ1) is 20.4. The van der Waals surface area contributed by atoms with Gasteiger partial charge in [-0.25, -0.2) is 0 Å². The number of aldehydes is 1. The molecule has 0 fully saturated rings. The highest BCUT2D eigenvalue weighted by Gasteiger charge is 2.80. The second-order valence-corrected chi connectivity index (χ2v) is 7.95. The van der Waals surface area contributed by atoms with Crippen LogP contribution >= 0.6 is 11.3 Å². The van der Waals surface area contributed by atoms with Crippen molar-refractivity contribution in [3.8, 4) is 5.75 Å². The summed E-state index contributed by atoms with van der Waals surface area (Å²) < 4.78 is 87.5. The number of thiophene rings is 1. The lowest BCUT2D eigenvalue weighted by atomic mass is 9.89. The summed E-state index contributed by atoms with van der Waals surface area (Å²) >= 11 is 0.745. The molecular formula is C19H14F6O2S. The van der Waals surface area contributed by atoms with Crippen molar-refractivity contribution in [3.63, 3.8) is 0 Å². The molecule has 0 radical (unpaired) electrons. The number of carbonyl (C=O) groups excluding carboxylic acids is 1. The first-order valence-corrected chi connectivity index (χ1v) is 8.84. The van der Waals surface area contributed by atoms with Crippen LogP contribution in [0, 0.1) is 20.8 Å². The van der Waals surface area contributed by atoms with Crippen molar-refractivity contribution in [3.05, 3.63) is 50.2 Å². The summed E-state index contributed by atoms with van der Waals surface area (Å²) in [6.45, 7) is 3.81. The standard InChI is InChI=1S/C19H14F6O2S/c1-8-4-11(27)5-9(2)14(8)16-15(13-6-12(7-26)28-10(13)3)17(20,21)19(24,25)18(16,22)23/h4-7,27H,1-3H3. The van der Waals surface area contributed by atoms with Crippen LogP contribution in [0.3, 0.4) is 0 Å². The second kappa shape index (κ2) is 6.10. The van der Waals surface area contributed by atoms with Gasteiger partial charge in [0.15, 0.2) is 6.29 Å². The van der Waals surface area contributed by atoms with Gasteiger partial charge in [0.25, 0.3) is 0 Å². The molecule has 0 aliphatic heterocycles. The fraction of sp³-hybridized carbons (Fsp3) is 0.316. The number of phenolic OH excluding ortho intramolecular Hbond substituents is 1. The Labute approximate surface area is 160 Å². The van der Waals surface area contributed by atoms with Crippen LogP contribution in [0.5, 0.6) is 5.75 Å². The second-order valence-electron chi connectivity index (χ2n) is 6.66. The molecule has 1 N–H and O–H groups in total. The first-order chi connectivity index (χ1) is 12.8. The zero-order valence-corrected chi connectivity index (χ0v) is 15.7. The van der Waals surface area contributed by atoms with Gasteiger partial charge < -0.3 is 5.11 Å². The van der Waals surface area contributed by atoms with Crippen LogP contribution in [0.4, 0.5) is 26.3 Å². The number of phenols is 1. The smallest absolute Gasteiger partial charge is 0.380 e. The van der Waals surface area contributed by atoms with E-state index in [2.05, 4.69) is 0 Å². The van der Waals surface area contributed by atoms with Gasteiger partial charge in [-0.1, -0.05) is 0 Å². The average Bonchev–Trinajstić information content (AvgIpc) is 2.96. The molecule has 1 aliphatic carbocycles. The van der Waals surface area contributed by atoms with Crippen LogP contribution in [0.2, 0.25) is 0 Å². The number of allylic oxidation sites excluding steroid dienone is 2. The largest absolute Gasteiger partial charge is 0.508 e. The van der Waals surface area contributed by atoms with Gasteiger partial charge in [-0.3, -0.25) is 4.79 Å². The van der Waals surface area contributed by atoms with Crippen molar-refractivity contribution < 1.29 is 36.2 Å². The van der Waals surface area contributed by atoms with Crippen molar-refractivity contribution in [1.29, 1.82) is 0 Å². The van der Waals surface area contributed by atoms with E-state index in [9.17, 15) is 36.2 Å². The normalized spacial score (nSPS) is 19.9. The van der Waals surface area contributed by atoms with Crippen molar-refractivity contribution in [2.45, 2.75) is 38.5 Å². The molecule has 1 aromatic heterocycles. The van der Waals surface area contributed by atoms with Gasteiger partial charge in [0.2, 0.25) is 0 Å². The van der Waals surface area contributed by atoms with Gasteiger partial charge in [-0.05, 0) is 61.2 Å². The molecule has 0 atom stereocenters. The number of alkyl halides is 6. The van der Waals surface area contributed by atoms with E-state index in [1.807, 2.05) is 0 Å². The molecule has 0 saturated carbocycles. The van der Waals surface area contributed by atoms with E-state index < -0.39 is 40.0 Å². The molecule has 0 spiro atoms. The van der Waals surface area contributed by atoms with Crippen molar-refractivity contribution >= 4 is 28.8 Å². The number of hydrogen-bond acceptors (Lipinski definition) is 3. The lowest BCUT2D eigenvalue weighted by Gasteiger charge is -2.26. The Bertz CT molecular complexity index is 996. The number of aromatic hydroxyl groups is 1. The summed E-state index contributed by atoms with van der Waals surface area (Å²) in [5.74, 6) is -16.3. The van der Waals surface area contributed by atoms with Crippen LogP contribution in [0.25, 0.3) is 11.1 Å². The molecule has 0 bridgehead atoms. The quantitative estimate of drug-likeness (QED) is 0.487. The summed E-state index contributed by atoms with van der Waals surface area (Å²) in [5.41, 5.74) is -4.09. The molecular weight excluding hydrogens is 406 g/mol. The van der Waals surface area contributed by atoms with Gasteiger partial charge in [0.05, 0.1) is 4.88 Å². The fourth-order valence-electron chi connectivity index (χ4n) is 3.56. The van der Waals surface area contributed by atoms with Gasteiger partial charge in [0.1, 0.15) is 5.75 Å². The molecule has 1 heterocycles. The highest BCUT2D eigenvalue weighted by atomic mass is 32.1. The van der Waals surface area contributed by atoms with Crippen molar-refractivity contribution in [1.82, 2.24) is 0 Å². The molecule has 0 saturated heterocycles. The van der Waals surface area contributed by atoms with Gasteiger partial charge in [-0.2, -0.15) is 26.3 Å². The zero-order chi connectivity index (χ0) is 21.2. The SMILES string of the molecule is Cc1cc(O)cc(C)c1C1=C(c2cc(C=O)sc2C)C(F)(F)C(F)(F)C1(F)F. The highest BCUT2D eigenvalue weighted by Crippen LogP contribution is 2.65. The fourth-order valence-corrected chi connectivity index (χ4v) is 4.41. The third kappa shape index (κ3) is 2.52. The molecule has 2 nitrogen and oxygen atoms in total. The molecule has 9 heteroatoms. The molecule has 1 aliphatic rings. The summed E-state index contributed by atoms with van der Waals surface area (Å²) in [6, 6.07) is 2.99. The van der Waals surface area contributed by atoms with Crippen LogP contribution in [-0.2, 0) is 0 Å². The molecule has 1 aromatic carbocycles. The number of carbonyl (C=O) groups is 1. The maximum atomic E-state index is 14.8. The topological polar surface area (TPSA) is 37.3 Å². The average molecular weight is 420 g/mol. The molecule has 28 heavy (non-hydrogen) atoms. The summed E-state index contributed by atoms with van der Waals surface area (Å²) in [6.07, 6.45) is 0.335. The predicted molar refractivity (Wildman–Crippen MR) is 93.7 cm³/mol. The lowest BCUT2D eigenvalue weighted by molar-refractivity contribution is -0.254. The van der Waals surface area contributed by atoms with E-state index in [4.69, 9.17) is 0 Å². The minimum Gasteiger partial charge on any atom is -0.508 e. The third-order valence-corrected chi connectivity index (χ3v) is 5.73. The van der Waals surface area contributed by atoms with Crippen LogP contribution in [0.1, 0.15) is 36.8 Å². The lowest BCUT2D eigenvalue weighted by Crippen LogP contribution is -2.49. The van der Waals surface area contributed by atoms with E-state index in [-0.39, 0.29) is 26.6 Å². The maximum absolute atomic E-state index is 14.8. The van der Waals surface area contributed by atoms with Gasteiger partial charge >= 0.3 is 17.8 Å². The Morgan fingerprint density at radius 1 is 0.893 bits per heavy atom. The predicted octanol–water partition coefficient (Wildman–Crippen LogP) is 6.02. The number of aryl methyl sites for hydroxylation is 3. The van der Waals surface area contributed by atoms with Crippen LogP contribution in [-0.4, -0.2) is 29.2 Å². The summed E-state index contributed by atoms with van der Waals surface area (Å²) in [7, 11) is 0. The van der Waals surface area contributed by atoms with Crippen LogP contribution < -0.4 is 0 Å². The minimum absolute atomic E-state index is 0.0388. The molecule has 2 aromatic rings. The third-order valence-electron chi connectivity index (χ3n) is 4.76. The number of hydrogen-bond donors (Lipinski definition) is 1. The molecule has 150 valence electrons. The Morgan fingerprint density at radius 2 is 1.39 bits per heavy atom. The van der Waals surface area contributed by atoms with E-state index >= 15 is 0 Å². The van der Waals surface area contributed by atoms with E-state index in [0.717, 1.165) is 29.5 Å². The zero-order valence-electron chi connectivity index (χ0n) is 14.8.